The molecular weight excluding hydrogens is 500 g/mol. The molecule has 4 rings (SSSR count). The number of amides is 2. The van der Waals surface area contributed by atoms with Gasteiger partial charge in [0.15, 0.2) is 0 Å². The van der Waals surface area contributed by atoms with Crippen LogP contribution in [-0.2, 0) is 22.6 Å². The molecule has 3 aromatic rings. The Labute approximate surface area is 229 Å². The summed E-state index contributed by atoms with van der Waals surface area (Å²) < 4.78 is 0. The maximum atomic E-state index is 13.8. The number of hydrogen-bond acceptors (Lipinski definition) is 3. The van der Waals surface area contributed by atoms with Crippen LogP contribution in [0, 0.1) is 6.92 Å². The second kappa shape index (κ2) is 13.7. The van der Waals surface area contributed by atoms with Crippen LogP contribution >= 0.6 is 23.4 Å². The lowest BCUT2D eigenvalue weighted by Gasteiger charge is -2.33. The van der Waals surface area contributed by atoms with Crippen LogP contribution in [0.4, 0.5) is 0 Å². The van der Waals surface area contributed by atoms with Gasteiger partial charge in [0.25, 0.3) is 0 Å². The van der Waals surface area contributed by atoms with Gasteiger partial charge in [0.05, 0.1) is 5.75 Å². The molecule has 0 unspecified atom stereocenters. The number of carbonyl (C=O) groups excluding carboxylic acids is 2. The zero-order valence-corrected chi connectivity index (χ0v) is 22.9. The van der Waals surface area contributed by atoms with Gasteiger partial charge in [-0.15, -0.1) is 11.8 Å². The topological polar surface area (TPSA) is 49.4 Å². The zero-order chi connectivity index (χ0) is 26.0. The van der Waals surface area contributed by atoms with E-state index in [2.05, 4.69) is 18.3 Å². The van der Waals surface area contributed by atoms with Crippen LogP contribution in [-0.4, -0.2) is 34.6 Å². The van der Waals surface area contributed by atoms with Crippen molar-refractivity contribution >= 4 is 35.2 Å². The van der Waals surface area contributed by atoms with Crippen molar-refractivity contribution in [3.05, 3.63) is 101 Å². The summed E-state index contributed by atoms with van der Waals surface area (Å²) in [5, 5.41) is 3.97. The number of nitrogens with zero attached hydrogens (tertiary/aromatic N) is 1. The predicted molar refractivity (Wildman–Crippen MR) is 153 cm³/mol. The number of halogens is 1. The van der Waals surface area contributed by atoms with Crippen LogP contribution in [0.1, 0.15) is 48.8 Å². The van der Waals surface area contributed by atoms with Crippen LogP contribution in [0.25, 0.3) is 0 Å². The van der Waals surface area contributed by atoms with E-state index in [-0.39, 0.29) is 23.6 Å². The molecule has 1 aliphatic carbocycles. The fraction of sp³-hybridized carbons (Fsp3) is 0.355. The third kappa shape index (κ3) is 8.11. The van der Waals surface area contributed by atoms with Crippen LogP contribution in [0.5, 0.6) is 0 Å². The summed E-state index contributed by atoms with van der Waals surface area (Å²) in [4.78, 5) is 30.4. The molecule has 0 aromatic heterocycles. The molecule has 1 saturated carbocycles. The van der Waals surface area contributed by atoms with Crippen molar-refractivity contribution in [3.63, 3.8) is 0 Å². The first-order valence-corrected chi connectivity index (χ1v) is 14.4. The highest BCUT2D eigenvalue weighted by Gasteiger charge is 2.32. The Morgan fingerprint density at radius 3 is 2.32 bits per heavy atom. The van der Waals surface area contributed by atoms with Crippen LogP contribution in [0.3, 0.4) is 0 Å². The molecular formula is C31H35ClN2O2S. The summed E-state index contributed by atoms with van der Waals surface area (Å²) in [6.07, 6.45) is 5.97. The third-order valence-electron chi connectivity index (χ3n) is 7.00. The molecule has 37 heavy (non-hydrogen) atoms. The highest BCUT2D eigenvalue weighted by molar-refractivity contribution is 8.00. The molecule has 194 valence electrons. The molecule has 3 aromatic carbocycles. The van der Waals surface area contributed by atoms with E-state index in [9.17, 15) is 9.59 Å². The third-order valence-corrected chi connectivity index (χ3v) is 8.25. The molecule has 1 N–H and O–H groups in total. The summed E-state index contributed by atoms with van der Waals surface area (Å²) >= 11 is 7.50. The number of thioether (sulfide) groups is 1. The highest BCUT2D eigenvalue weighted by atomic mass is 35.5. The molecule has 0 saturated heterocycles. The maximum absolute atomic E-state index is 13.8. The molecule has 4 nitrogen and oxygen atoms in total. The van der Waals surface area contributed by atoms with Gasteiger partial charge in [-0.3, -0.25) is 9.59 Å². The van der Waals surface area contributed by atoms with E-state index >= 15 is 0 Å². The van der Waals surface area contributed by atoms with Gasteiger partial charge in [-0.25, -0.2) is 0 Å². The Hall–Kier alpha value is -2.76. The summed E-state index contributed by atoms with van der Waals surface area (Å²) in [5.41, 5.74) is 3.20. The lowest BCUT2D eigenvalue weighted by Crippen LogP contribution is -2.53. The van der Waals surface area contributed by atoms with Gasteiger partial charge >= 0.3 is 0 Å². The van der Waals surface area contributed by atoms with Gasteiger partial charge < -0.3 is 10.2 Å². The minimum absolute atomic E-state index is 0.0528. The highest BCUT2D eigenvalue weighted by Crippen LogP contribution is 2.24. The first kappa shape index (κ1) is 27.3. The van der Waals surface area contributed by atoms with Gasteiger partial charge in [-0.1, -0.05) is 85.5 Å². The van der Waals surface area contributed by atoms with E-state index in [1.165, 1.54) is 18.2 Å². The molecule has 2 amide bonds. The Morgan fingerprint density at radius 1 is 0.946 bits per heavy atom. The van der Waals surface area contributed by atoms with E-state index in [0.29, 0.717) is 18.0 Å². The molecule has 0 spiro atoms. The number of aryl methyl sites for hydroxylation is 1. The predicted octanol–water partition coefficient (Wildman–Crippen LogP) is 6.83. The molecule has 1 aliphatic rings. The SMILES string of the molecule is Cc1ccccc1CN(C(=O)CSc1ccc(Cl)cc1)[C@@H](Cc1ccccc1)C(=O)NC1CCCCC1. The van der Waals surface area contributed by atoms with Crippen LogP contribution in [0.2, 0.25) is 5.02 Å². The molecule has 1 fully saturated rings. The van der Waals surface area contributed by atoms with Gasteiger partial charge in [-0.2, -0.15) is 0 Å². The zero-order valence-electron chi connectivity index (χ0n) is 21.4. The summed E-state index contributed by atoms with van der Waals surface area (Å²) in [6, 6.07) is 25.1. The van der Waals surface area contributed by atoms with Crippen molar-refractivity contribution in [3.8, 4) is 0 Å². The summed E-state index contributed by atoms with van der Waals surface area (Å²) in [7, 11) is 0. The lowest BCUT2D eigenvalue weighted by atomic mass is 9.94. The molecule has 0 radical (unpaired) electrons. The van der Waals surface area contributed by atoms with Gasteiger partial charge in [0, 0.05) is 28.9 Å². The molecule has 0 heterocycles. The Kier molecular flexibility index (Phi) is 10.1. The quantitative estimate of drug-likeness (QED) is 0.290. The largest absolute Gasteiger partial charge is 0.352 e. The minimum Gasteiger partial charge on any atom is -0.352 e. The van der Waals surface area contributed by atoms with Crippen molar-refractivity contribution in [1.29, 1.82) is 0 Å². The monoisotopic (exact) mass is 534 g/mol. The lowest BCUT2D eigenvalue weighted by molar-refractivity contribution is -0.139. The van der Waals surface area contributed by atoms with Gasteiger partial charge in [0.2, 0.25) is 11.8 Å². The van der Waals surface area contributed by atoms with Gasteiger partial charge in [-0.05, 0) is 60.7 Å². The van der Waals surface area contributed by atoms with Crippen molar-refractivity contribution in [2.45, 2.75) is 69.0 Å². The molecule has 6 heteroatoms. The van der Waals surface area contributed by atoms with E-state index < -0.39 is 6.04 Å². The Morgan fingerprint density at radius 2 is 1.62 bits per heavy atom. The Balaban J connectivity index is 1.61. The Bertz CT molecular complexity index is 1160. The second-order valence-corrected chi connectivity index (χ2v) is 11.2. The van der Waals surface area contributed by atoms with Crippen LogP contribution in [0.15, 0.2) is 83.8 Å². The van der Waals surface area contributed by atoms with Gasteiger partial charge in [0.1, 0.15) is 6.04 Å². The average molecular weight is 535 g/mol. The average Bonchev–Trinajstić information content (AvgIpc) is 2.92. The number of benzene rings is 3. The van der Waals surface area contributed by atoms with Crippen molar-refractivity contribution in [1.82, 2.24) is 10.2 Å². The van der Waals surface area contributed by atoms with Crippen molar-refractivity contribution in [2.24, 2.45) is 0 Å². The van der Waals surface area contributed by atoms with E-state index in [1.54, 1.807) is 4.90 Å². The summed E-state index contributed by atoms with van der Waals surface area (Å²) in [6.45, 7) is 2.44. The van der Waals surface area contributed by atoms with E-state index in [0.717, 1.165) is 47.3 Å². The standard InChI is InChI=1S/C31H35ClN2O2S/c1-23-10-8-9-13-25(23)21-34(30(35)22-37-28-18-16-26(32)17-19-28)29(20-24-11-4-2-5-12-24)31(36)33-27-14-6-3-7-15-27/h2,4-5,8-13,16-19,27,29H,3,6-7,14-15,20-22H2,1H3,(H,33,36)/t29-/m0/s1. The molecule has 0 bridgehead atoms. The summed E-state index contributed by atoms with van der Waals surface area (Å²) in [5.74, 6) is 0.132. The van der Waals surface area contributed by atoms with E-state index in [1.807, 2.05) is 72.8 Å². The fourth-order valence-electron chi connectivity index (χ4n) is 4.83. The minimum atomic E-state index is -0.595. The molecule has 0 aliphatic heterocycles. The maximum Gasteiger partial charge on any atom is 0.243 e. The second-order valence-electron chi connectivity index (χ2n) is 9.74. The first-order chi connectivity index (χ1) is 18.0. The number of hydrogen-bond donors (Lipinski definition) is 1. The van der Waals surface area contributed by atoms with E-state index in [4.69, 9.17) is 11.6 Å². The smallest absolute Gasteiger partial charge is 0.243 e. The van der Waals surface area contributed by atoms with Crippen molar-refractivity contribution < 1.29 is 9.59 Å². The normalized spacial score (nSPS) is 14.6. The fourth-order valence-corrected chi connectivity index (χ4v) is 5.74. The number of carbonyl (C=O) groups is 2. The number of nitrogens with one attached hydrogen (secondary N) is 1. The van der Waals surface area contributed by atoms with Crippen LogP contribution < -0.4 is 5.32 Å². The first-order valence-electron chi connectivity index (χ1n) is 13.1. The molecule has 1 atom stereocenters. The number of rotatable bonds is 10. The van der Waals surface area contributed by atoms with Crippen molar-refractivity contribution in [2.75, 3.05) is 5.75 Å².